The average Bonchev–Trinajstić information content (AvgIpc) is 2.13. The van der Waals surface area contributed by atoms with Crippen LogP contribution in [0.15, 0.2) is 24.3 Å². The predicted octanol–water partition coefficient (Wildman–Crippen LogP) is 1.59. The molecule has 18 heavy (non-hydrogen) atoms. The second-order valence-corrected chi connectivity index (χ2v) is 6.90. The van der Waals surface area contributed by atoms with E-state index in [1.54, 1.807) is 24.3 Å². The third-order valence-electron chi connectivity index (χ3n) is 1.94. The van der Waals surface area contributed by atoms with Crippen LogP contribution in [0.2, 0.25) is 0 Å². The van der Waals surface area contributed by atoms with Crippen molar-refractivity contribution in [3.63, 3.8) is 0 Å². The number of amides is 1. The molecule has 0 fully saturated rings. The Morgan fingerprint density at radius 3 is 2.00 bits per heavy atom. The monoisotopic (exact) mass is 270 g/mol. The lowest BCUT2D eigenvalue weighted by Crippen LogP contribution is -2.40. The highest BCUT2D eigenvalue weighted by Crippen LogP contribution is 2.11. The number of nitrogens with one attached hydrogen (secondary N) is 2. The Hall–Kier alpha value is -1.56. The quantitative estimate of drug-likeness (QED) is 0.875. The van der Waals surface area contributed by atoms with Gasteiger partial charge in [0, 0.05) is 16.8 Å². The van der Waals surface area contributed by atoms with Crippen molar-refractivity contribution < 1.29 is 13.2 Å². The van der Waals surface area contributed by atoms with Crippen LogP contribution in [0, 0.1) is 0 Å². The number of rotatable bonds is 3. The number of benzene rings is 1. The molecule has 0 spiro atoms. The zero-order chi connectivity index (χ0) is 14.0. The van der Waals surface area contributed by atoms with Crippen LogP contribution in [0.4, 0.5) is 5.69 Å². The first-order valence-corrected chi connectivity index (χ1v) is 7.36. The summed E-state index contributed by atoms with van der Waals surface area (Å²) in [5.41, 5.74) is 0.620. The molecule has 0 atom stereocenters. The smallest absolute Gasteiger partial charge is 0.251 e. The van der Waals surface area contributed by atoms with Crippen molar-refractivity contribution in [3.8, 4) is 0 Å². The van der Waals surface area contributed by atoms with Crippen molar-refractivity contribution in [2.24, 2.45) is 0 Å². The Bertz CT molecular complexity index is 527. The number of hydrogen-bond acceptors (Lipinski definition) is 3. The minimum atomic E-state index is -3.29. The maximum absolute atomic E-state index is 11.8. The molecule has 1 aromatic carbocycles. The van der Waals surface area contributed by atoms with Gasteiger partial charge in [0.25, 0.3) is 5.91 Å². The van der Waals surface area contributed by atoms with E-state index in [0.29, 0.717) is 11.3 Å². The van der Waals surface area contributed by atoms with E-state index in [2.05, 4.69) is 10.0 Å². The van der Waals surface area contributed by atoms with Crippen molar-refractivity contribution in [3.05, 3.63) is 29.8 Å². The molecule has 0 aliphatic heterocycles. The summed E-state index contributed by atoms with van der Waals surface area (Å²) in [6.45, 7) is 5.68. The lowest BCUT2D eigenvalue weighted by atomic mass is 10.1. The van der Waals surface area contributed by atoms with E-state index in [9.17, 15) is 13.2 Å². The van der Waals surface area contributed by atoms with Crippen LogP contribution < -0.4 is 10.0 Å². The highest BCUT2D eigenvalue weighted by atomic mass is 32.2. The Balaban J connectivity index is 2.80. The highest BCUT2D eigenvalue weighted by molar-refractivity contribution is 7.92. The largest absolute Gasteiger partial charge is 0.347 e. The molecule has 0 radical (unpaired) electrons. The van der Waals surface area contributed by atoms with Gasteiger partial charge < -0.3 is 5.32 Å². The Morgan fingerprint density at radius 1 is 1.11 bits per heavy atom. The van der Waals surface area contributed by atoms with E-state index in [0.717, 1.165) is 6.26 Å². The standard InChI is InChI=1S/C12H18N2O3S/c1-12(2,3)13-11(15)9-5-7-10(8-6-9)14-18(4,16)17/h5-8,14H,1-4H3,(H,13,15). The molecule has 0 aliphatic carbocycles. The van der Waals surface area contributed by atoms with Gasteiger partial charge in [0.1, 0.15) is 0 Å². The fourth-order valence-electron chi connectivity index (χ4n) is 1.32. The van der Waals surface area contributed by atoms with Crippen LogP contribution in [0.3, 0.4) is 0 Å². The Labute approximate surface area is 108 Å². The number of sulfonamides is 1. The molecule has 0 unspecified atom stereocenters. The minimum Gasteiger partial charge on any atom is -0.347 e. The summed E-state index contributed by atoms with van der Waals surface area (Å²) in [6.07, 6.45) is 1.08. The first-order chi connectivity index (χ1) is 8.07. The molecular formula is C12H18N2O3S. The van der Waals surface area contributed by atoms with Crippen LogP contribution in [0.25, 0.3) is 0 Å². The van der Waals surface area contributed by atoms with Crippen LogP contribution in [-0.4, -0.2) is 26.1 Å². The summed E-state index contributed by atoms with van der Waals surface area (Å²) in [5.74, 6) is -0.187. The maximum Gasteiger partial charge on any atom is 0.251 e. The summed E-state index contributed by atoms with van der Waals surface area (Å²) in [7, 11) is -3.29. The first kappa shape index (κ1) is 14.5. The van der Waals surface area contributed by atoms with E-state index in [1.807, 2.05) is 20.8 Å². The third kappa shape index (κ3) is 5.18. The fraction of sp³-hybridized carbons (Fsp3) is 0.417. The molecule has 1 amide bonds. The lowest BCUT2D eigenvalue weighted by molar-refractivity contribution is 0.0919. The fourth-order valence-corrected chi connectivity index (χ4v) is 1.88. The van der Waals surface area contributed by atoms with E-state index < -0.39 is 10.0 Å². The second kappa shape index (κ2) is 4.97. The van der Waals surface area contributed by atoms with Gasteiger partial charge in [-0.15, -0.1) is 0 Å². The molecule has 1 rings (SSSR count). The molecular weight excluding hydrogens is 252 g/mol. The van der Waals surface area contributed by atoms with Crippen molar-refractivity contribution in [2.75, 3.05) is 11.0 Å². The van der Waals surface area contributed by atoms with E-state index in [1.165, 1.54) is 0 Å². The van der Waals surface area contributed by atoms with Gasteiger partial charge in [-0.25, -0.2) is 8.42 Å². The minimum absolute atomic E-state index is 0.187. The van der Waals surface area contributed by atoms with Crippen LogP contribution in [0.1, 0.15) is 31.1 Å². The SMILES string of the molecule is CC(C)(C)NC(=O)c1ccc(NS(C)(=O)=O)cc1. The molecule has 100 valence electrons. The third-order valence-corrected chi connectivity index (χ3v) is 2.55. The van der Waals surface area contributed by atoms with Crippen LogP contribution in [-0.2, 0) is 10.0 Å². The number of carbonyl (C=O) groups excluding carboxylic acids is 1. The normalized spacial score (nSPS) is 12.0. The molecule has 0 saturated carbocycles. The summed E-state index contributed by atoms with van der Waals surface area (Å²) in [6, 6.07) is 6.26. The summed E-state index contributed by atoms with van der Waals surface area (Å²) in [5, 5.41) is 2.83. The molecule has 0 aliphatic rings. The highest BCUT2D eigenvalue weighted by Gasteiger charge is 2.15. The van der Waals surface area contributed by atoms with Crippen molar-refractivity contribution >= 4 is 21.6 Å². The van der Waals surface area contributed by atoms with Gasteiger partial charge in [-0.05, 0) is 45.0 Å². The van der Waals surface area contributed by atoms with Gasteiger partial charge in [0.15, 0.2) is 0 Å². The average molecular weight is 270 g/mol. The molecule has 6 heteroatoms. The predicted molar refractivity (Wildman–Crippen MR) is 72.1 cm³/mol. The number of hydrogen-bond donors (Lipinski definition) is 2. The first-order valence-electron chi connectivity index (χ1n) is 5.47. The summed E-state index contributed by atoms with van der Waals surface area (Å²) in [4.78, 5) is 11.8. The summed E-state index contributed by atoms with van der Waals surface area (Å²) < 4.78 is 24.4. The topological polar surface area (TPSA) is 75.3 Å². The zero-order valence-corrected chi connectivity index (χ0v) is 11.8. The molecule has 0 saturated heterocycles. The van der Waals surface area contributed by atoms with Gasteiger partial charge >= 0.3 is 0 Å². The van der Waals surface area contributed by atoms with Gasteiger partial charge in [0.2, 0.25) is 10.0 Å². The maximum atomic E-state index is 11.8. The molecule has 2 N–H and O–H groups in total. The summed E-state index contributed by atoms with van der Waals surface area (Å²) >= 11 is 0. The second-order valence-electron chi connectivity index (χ2n) is 5.16. The van der Waals surface area contributed by atoms with E-state index in [-0.39, 0.29) is 11.4 Å². The zero-order valence-electron chi connectivity index (χ0n) is 10.9. The van der Waals surface area contributed by atoms with E-state index in [4.69, 9.17) is 0 Å². The van der Waals surface area contributed by atoms with Crippen molar-refractivity contribution in [1.29, 1.82) is 0 Å². The number of anilines is 1. The van der Waals surface area contributed by atoms with Crippen LogP contribution in [0.5, 0.6) is 0 Å². The molecule has 0 bridgehead atoms. The molecule has 5 nitrogen and oxygen atoms in total. The van der Waals surface area contributed by atoms with Gasteiger partial charge in [-0.1, -0.05) is 0 Å². The number of carbonyl (C=O) groups is 1. The van der Waals surface area contributed by atoms with E-state index >= 15 is 0 Å². The molecule has 1 aromatic rings. The Kier molecular flexibility index (Phi) is 4.01. The molecule has 0 heterocycles. The Morgan fingerprint density at radius 2 is 1.61 bits per heavy atom. The molecule has 0 aromatic heterocycles. The van der Waals surface area contributed by atoms with Gasteiger partial charge in [-0.2, -0.15) is 0 Å². The lowest BCUT2D eigenvalue weighted by Gasteiger charge is -2.20. The van der Waals surface area contributed by atoms with Crippen molar-refractivity contribution in [2.45, 2.75) is 26.3 Å². The van der Waals surface area contributed by atoms with Crippen LogP contribution >= 0.6 is 0 Å². The van der Waals surface area contributed by atoms with Gasteiger partial charge in [-0.3, -0.25) is 9.52 Å². The van der Waals surface area contributed by atoms with Gasteiger partial charge in [0.05, 0.1) is 6.26 Å². The van der Waals surface area contributed by atoms with Crippen molar-refractivity contribution in [1.82, 2.24) is 5.32 Å².